The largest absolute Gasteiger partial charge is 0.330 e. The summed E-state index contributed by atoms with van der Waals surface area (Å²) < 4.78 is 5.76. The number of piperazine rings is 1. The van der Waals surface area contributed by atoms with Crippen LogP contribution in [0.3, 0.4) is 0 Å². The molecule has 1 fully saturated rings. The predicted molar refractivity (Wildman–Crippen MR) is 163 cm³/mol. The number of hydrogen-bond donors (Lipinski definition) is 0. The van der Waals surface area contributed by atoms with Gasteiger partial charge in [-0.2, -0.15) is 5.10 Å². The molecule has 204 valence electrons. The van der Waals surface area contributed by atoms with Gasteiger partial charge in [-0.1, -0.05) is 35.3 Å². The third-order valence-electron chi connectivity index (χ3n) is 7.82. The molecule has 0 bridgehead atoms. The molecule has 10 heteroatoms. The summed E-state index contributed by atoms with van der Waals surface area (Å²) in [6.45, 7) is 5.21. The van der Waals surface area contributed by atoms with Gasteiger partial charge in [-0.15, -0.1) is 12.4 Å². The average molecular weight is 586 g/mol. The molecule has 0 saturated carbocycles. The molecule has 5 aromatic rings. The summed E-state index contributed by atoms with van der Waals surface area (Å²) in [6.07, 6.45) is 0. The number of fused-ring (bicyclic) bond motifs is 3. The Balaban J connectivity index is 0.00000308. The molecular formula is C29H31Cl3N6O. The van der Waals surface area contributed by atoms with E-state index in [1.165, 1.54) is 5.69 Å². The average Bonchev–Trinajstić information content (AvgIpc) is 3.39. The number of benzene rings is 2. The van der Waals surface area contributed by atoms with Gasteiger partial charge in [0.2, 0.25) is 0 Å². The Labute approximate surface area is 243 Å². The van der Waals surface area contributed by atoms with E-state index in [9.17, 15) is 4.79 Å². The van der Waals surface area contributed by atoms with Crippen LogP contribution in [-0.2, 0) is 27.7 Å². The Bertz CT molecular complexity index is 1760. The Morgan fingerprint density at radius 2 is 1.56 bits per heavy atom. The fourth-order valence-electron chi connectivity index (χ4n) is 5.58. The Morgan fingerprint density at radius 3 is 2.28 bits per heavy atom. The van der Waals surface area contributed by atoms with Crippen LogP contribution in [-0.4, -0.2) is 61.9 Å². The van der Waals surface area contributed by atoms with Gasteiger partial charge < -0.3 is 9.47 Å². The highest BCUT2D eigenvalue weighted by Crippen LogP contribution is 2.35. The summed E-state index contributed by atoms with van der Waals surface area (Å²) >= 11 is 12.6. The first-order valence-electron chi connectivity index (χ1n) is 12.7. The second-order valence-corrected chi connectivity index (χ2v) is 11.1. The minimum absolute atomic E-state index is 0. The number of aryl methyl sites for hydroxylation is 3. The van der Waals surface area contributed by atoms with Gasteiger partial charge in [0.25, 0.3) is 5.56 Å². The zero-order valence-corrected chi connectivity index (χ0v) is 24.7. The molecule has 6 rings (SSSR count). The van der Waals surface area contributed by atoms with Crippen LogP contribution in [0.4, 0.5) is 0 Å². The highest BCUT2D eigenvalue weighted by molar-refractivity contribution is 6.36. The van der Waals surface area contributed by atoms with Crippen LogP contribution in [0.5, 0.6) is 0 Å². The van der Waals surface area contributed by atoms with E-state index in [1.54, 1.807) is 29.8 Å². The first-order chi connectivity index (χ1) is 18.2. The van der Waals surface area contributed by atoms with Crippen LogP contribution in [0.1, 0.15) is 5.69 Å². The lowest BCUT2D eigenvalue weighted by atomic mass is 10.0. The van der Waals surface area contributed by atoms with Gasteiger partial charge in [0.1, 0.15) is 5.65 Å². The summed E-state index contributed by atoms with van der Waals surface area (Å²) in [7, 11) is 7.99. The molecule has 0 amide bonds. The second kappa shape index (κ2) is 10.6. The lowest BCUT2D eigenvalue weighted by Crippen LogP contribution is -2.44. The van der Waals surface area contributed by atoms with Gasteiger partial charge in [-0.05, 0) is 43.4 Å². The van der Waals surface area contributed by atoms with Crippen molar-refractivity contribution < 1.29 is 0 Å². The van der Waals surface area contributed by atoms with Crippen molar-refractivity contribution in [1.82, 2.24) is 28.7 Å². The molecule has 3 aromatic heterocycles. The van der Waals surface area contributed by atoms with Gasteiger partial charge in [0, 0.05) is 86.4 Å². The third kappa shape index (κ3) is 4.87. The van der Waals surface area contributed by atoms with Gasteiger partial charge in [0.15, 0.2) is 0 Å². The minimum Gasteiger partial charge on any atom is -0.330 e. The SMILES string of the molecule is CN1CCN(Cc2cc(-c3ccc4c(c3)c3cc(-c5ccc(Cl)cc5Cl)c(=O)n(C)c3n4C)nn2C)CC1.Cl. The second-order valence-electron chi connectivity index (χ2n) is 10.3. The number of hydrogen-bond acceptors (Lipinski definition) is 4. The lowest BCUT2D eigenvalue weighted by Gasteiger charge is -2.32. The van der Waals surface area contributed by atoms with E-state index in [1.807, 2.05) is 24.8 Å². The van der Waals surface area contributed by atoms with Crippen molar-refractivity contribution in [3.8, 4) is 22.4 Å². The summed E-state index contributed by atoms with van der Waals surface area (Å²) in [5.74, 6) is 0. The third-order valence-corrected chi connectivity index (χ3v) is 8.37. The topological polar surface area (TPSA) is 51.2 Å². The van der Waals surface area contributed by atoms with E-state index in [4.69, 9.17) is 28.3 Å². The molecule has 0 aliphatic carbocycles. The van der Waals surface area contributed by atoms with Crippen LogP contribution in [0.2, 0.25) is 10.0 Å². The van der Waals surface area contributed by atoms with E-state index < -0.39 is 0 Å². The molecule has 1 aliphatic rings. The van der Waals surface area contributed by atoms with Crippen molar-refractivity contribution in [3.05, 3.63) is 74.6 Å². The fourth-order valence-corrected chi connectivity index (χ4v) is 6.09. The molecule has 4 heterocycles. The van der Waals surface area contributed by atoms with Crippen molar-refractivity contribution in [1.29, 1.82) is 0 Å². The summed E-state index contributed by atoms with van der Waals surface area (Å²) in [6, 6.07) is 15.8. The molecule has 1 saturated heterocycles. The summed E-state index contributed by atoms with van der Waals surface area (Å²) in [4.78, 5) is 18.3. The van der Waals surface area contributed by atoms with Gasteiger partial charge in [0.05, 0.1) is 21.9 Å². The van der Waals surface area contributed by atoms with Crippen molar-refractivity contribution in [3.63, 3.8) is 0 Å². The van der Waals surface area contributed by atoms with Crippen LogP contribution < -0.4 is 5.56 Å². The summed E-state index contributed by atoms with van der Waals surface area (Å²) in [5.41, 5.74) is 6.21. The van der Waals surface area contributed by atoms with Crippen LogP contribution in [0.15, 0.2) is 53.3 Å². The molecular weight excluding hydrogens is 555 g/mol. The first kappa shape index (κ1) is 27.7. The molecule has 0 N–H and O–H groups in total. The zero-order valence-electron chi connectivity index (χ0n) is 22.4. The van der Waals surface area contributed by atoms with Crippen molar-refractivity contribution >= 4 is 57.5 Å². The number of nitrogens with zero attached hydrogens (tertiary/aromatic N) is 6. The maximum Gasteiger partial charge on any atom is 0.259 e. The van der Waals surface area contributed by atoms with Crippen molar-refractivity contribution in [2.24, 2.45) is 21.1 Å². The van der Waals surface area contributed by atoms with Crippen molar-refractivity contribution in [2.45, 2.75) is 6.54 Å². The number of rotatable bonds is 4. The number of aromatic nitrogens is 4. The summed E-state index contributed by atoms with van der Waals surface area (Å²) in [5, 5.41) is 7.90. The van der Waals surface area contributed by atoms with E-state index >= 15 is 0 Å². The molecule has 2 aromatic carbocycles. The maximum atomic E-state index is 13.4. The predicted octanol–water partition coefficient (Wildman–Crippen LogP) is 5.57. The maximum absolute atomic E-state index is 13.4. The van der Waals surface area contributed by atoms with E-state index in [0.29, 0.717) is 21.2 Å². The molecule has 0 atom stereocenters. The first-order valence-corrected chi connectivity index (χ1v) is 13.5. The van der Waals surface area contributed by atoms with E-state index in [2.05, 4.69) is 45.7 Å². The normalized spacial score (nSPS) is 14.8. The molecule has 39 heavy (non-hydrogen) atoms. The number of pyridine rings is 1. The van der Waals surface area contributed by atoms with E-state index in [0.717, 1.165) is 65.9 Å². The standard InChI is InChI=1S/C29H30Cl2N6O.ClH/c1-33-9-11-37(12-10-33)17-20-15-26(32-36(20)4)18-5-8-27-22(13-18)23-16-24(21-7-6-19(30)14-25(21)31)29(38)35(3)28(23)34(27)2;/h5-8,13-16H,9-12,17H2,1-4H3;1H. The minimum atomic E-state index is -0.105. The van der Waals surface area contributed by atoms with Crippen LogP contribution in [0, 0.1) is 0 Å². The fraction of sp³-hybridized carbons (Fsp3) is 0.310. The molecule has 0 spiro atoms. The van der Waals surface area contributed by atoms with Gasteiger partial charge >= 0.3 is 0 Å². The van der Waals surface area contributed by atoms with E-state index in [-0.39, 0.29) is 18.0 Å². The smallest absolute Gasteiger partial charge is 0.259 e. The quantitative estimate of drug-likeness (QED) is 0.277. The van der Waals surface area contributed by atoms with Crippen LogP contribution >= 0.6 is 35.6 Å². The zero-order chi connectivity index (χ0) is 26.7. The highest BCUT2D eigenvalue weighted by atomic mass is 35.5. The highest BCUT2D eigenvalue weighted by Gasteiger charge is 2.20. The van der Waals surface area contributed by atoms with Gasteiger partial charge in [-0.25, -0.2) is 0 Å². The number of likely N-dealkylation sites (N-methyl/N-ethyl adjacent to an activating group) is 1. The lowest BCUT2D eigenvalue weighted by molar-refractivity contribution is 0.145. The van der Waals surface area contributed by atoms with Gasteiger partial charge in [-0.3, -0.25) is 18.9 Å². The molecule has 0 radical (unpaired) electrons. The molecule has 1 aliphatic heterocycles. The Hall–Kier alpha value is -2.81. The Kier molecular flexibility index (Phi) is 7.57. The molecule has 0 unspecified atom stereocenters. The Morgan fingerprint density at radius 1 is 0.821 bits per heavy atom. The monoisotopic (exact) mass is 584 g/mol. The number of halogens is 3. The van der Waals surface area contributed by atoms with Crippen LogP contribution in [0.25, 0.3) is 44.3 Å². The van der Waals surface area contributed by atoms with Crippen molar-refractivity contribution in [2.75, 3.05) is 33.2 Å². The molecule has 7 nitrogen and oxygen atoms in total.